The van der Waals surface area contributed by atoms with Crippen molar-refractivity contribution in [1.29, 1.82) is 0 Å². The van der Waals surface area contributed by atoms with E-state index in [-0.39, 0.29) is 11.8 Å². The van der Waals surface area contributed by atoms with Crippen LogP contribution in [-0.4, -0.2) is 25.7 Å². The summed E-state index contributed by atoms with van der Waals surface area (Å²) < 4.78 is 25.9. The van der Waals surface area contributed by atoms with Crippen LogP contribution < -0.4 is 10.5 Å². The lowest BCUT2D eigenvalue weighted by molar-refractivity contribution is 0.562. The Hall–Kier alpha value is -0.500. The molecule has 1 unspecified atom stereocenters. The Balaban J connectivity index is 2.46. The first kappa shape index (κ1) is 13.6. The van der Waals surface area contributed by atoms with E-state index in [1.54, 1.807) is 13.1 Å². The lowest BCUT2D eigenvalue weighted by Crippen LogP contribution is -2.29. The van der Waals surface area contributed by atoms with Crippen LogP contribution in [0.3, 0.4) is 0 Å². The maximum absolute atomic E-state index is 11.6. The second-order valence-electron chi connectivity index (χ2n) is 3.52. The lowest BCUT2D eigenvalue weighted by Gasteiger charge is -2.11. The summed E-state index contributed by atoms with van der Waals surface area (Å²) >= 11 is 1.44. The topological polar surface area (TPSA) is 85.1 Å². The van der Waals surface area contributed by atoms with Crippen molar-refractivity contribution in [3.8, 4) is 0 Å². The first-order chi connectivity index (χ1) is 7.55. The highest BCUT2D eigenvalue weighted by atomic mass is 32.2. The molecule has 7 heteroatoms. The maximum Gasteiger partial charge on any atom is 0.212 e. The van der Waals surface area contributed by atoms with Crippen molar-refractivity contribution in [1.82, 2.24) is 9.71 Å². The Morgan fingerprint density at radius 3 is 2.88 bits per heavy atom. The van der Waals surface area contributed by atoms with Gasteiger partial charge in [0, 0.05) is 11.6 Å². The number of rotatable bonds is 7. The van der Waals surface area contributed by atoms with Gasteiger partial charge < -0.3 is 5.73 Å². The number of unbranched alkanes of at least 4 members (excludes halogenated alkanes) is 1. The van der Waals surface area contributed by atoms with Gasteiger partial charge in [0.1, 0.15) is 5.01 Å². The minimum absolute atomic E-state index is 0.125. The number of hydrogen-bond acceptors (Lipinski definition) is 5. The molecule has 1 aromatic heterocycles. The predicted octanol–water partition coefficient (Wildman–Crippen LogP) is 0.862. The molecule has 0 radical (unpaired) electrons. The molecule has 0 saturated heterocycles. The van der Waals surface area contributed by atoms with Crippen molar-refractivity contribution in [2.45, 2.75) is 25.8 Å². The molecule has 1 rings (SSSR count). The summed E-state index contributed by atoms with van der Waals surface area (Å²) in [7, 11) is -3.22. The van der Waals surface area contributed by atoms with E-state index in [1.165, 1.54) is 11.3 Å². The second kappa shape index (κ2) is 6.29. The fraction of sp³-hybridized carbons (Fsp3) is 0.667. The maximum atomic E-state index is 11.6. The van der Waals surface area contributed by atoms with Gasteiger partial charge in [0.15, 0.2) is 0 Å². The van der Waals surface area contributed by atoms with Gasteiger partial charge in [-0.05, 0) is 26.3 Å². The summed E-state index contributed by atoms with van der Waals surface area (Å²) in [6, 6.07) is -0.261. The van der Waals surface area contributed by atoms with Crippen LogP contribution in [0.25, 0.3) is 0 Å². The van der Waals surface area contributed by atoms with Gasteiger partial charge in [0.25, 0.3) is 0 Å². The highest BCUT2D eigenvalue weighted by Crippen LogP contribution is 2.15. The quantitative estimate of drug-likeness (QED) is 0.715. The van der Waals surface area contributed by atoms with Crippen LogP contribution in [0.2, 0.25) is 0 Å². The zero-order valence-corrected chi connectivity index (χ0v) is 10.9. The first-order valence-electron chi connectivity index (χ1n) is 5.14. The fourth-order valence-electron chi connectivity index (χ4n) is 1.26. The smallest absolute Gasteiger partial charge is 0.212 e. The summed E-state index contributed by atoms with van der Waals surface area (Å²) in [5.41, 5.74) is 5.31. The molecular weight excluding hydrogens is 246 g/mol. The van der Waals surface area contributed by atoms with Crippen molar-refractivity contribution in [2.75, 3.05) is 12.3 Å². The SMILES string of the molecule is CC(NS(=O)(=O)CCCCN)c1nccs1. The Morgan fingerprint density at radius 2 is 2.31 bits per heavy atom. The fourth-order valence-corrected chi connectivity index (χ4v) is 3.34. The number of thiazole rings is 1. The Kier molecular flexibility index (Phi) is 5.33. The molecule has 92 valence electrons. The highest BCUT2D eigenvalue weighted by molar-refractivity contribution is 7.89. The third-order valence-corrected chi connectivity index (χ3v) is 4.54. The van der Waals surface area contributed by atoms with E-state index in [4.69, 9.17) is 5.73 Å². The van der Waals surface area contributed by atoms with Gasteiger partial charge in [-0.3, -0.25) is 0 Å². The van der Waals surface area contributed by atoms with E-state index >= 15 is 0 Å². The Labute approximate surface area is 100 Å². The third kappa shape index (κ3) is 4.56. The van der Waals surface area contributed by atoms with E-state index in [2.05, 4.69) is 9.71 Å². The molecular formula is C9H17N3O2S2. The summed E-state index contributed by atoms with van der Waals surface area (Å²) in [6.45, 7) is 2.32. The van der Waals surface area contributed by atoms with Gasteiger partial charge in [-0.25, -0.2) is 18.1 Å². The molecule has 3 N–H and O–H groups in total. The molecule has 0 aliphatic rings. The van der Waals surface area contributed by atoms with E-state index < -0.39 is 10.0 Å². The van der Waals surface area contributed by atoms with E-state index in [1.807, 2.05) is 5.38 Å². The lowest BCUT2D eigenvalue weighted by atomic mass is 10.3. The van der Waals surface area contributed by atoms with Crippen LogP contribution >= 0.6 is 11.3 Å². The zero-order chi connectivity index (χ0) is 12.0. The van der Waals surface area contributed by atoms with Crippen molar-refractivity contribution < 1.29 is 8.42 Å². The van der Waals surface area contributed by atoms with E-state index in [0.717, 1.165) is 11.4 Å². The largest absolute Gasteiger partial charge is 0.330 e. The van der Waals surface area contributed by atoms with Crippen LogP contribution in [0.1, 0.15) is 30.8 Å². The van der Waals surface area contributed by atoms with E-state index in [9.17, 15) is 8.42 Å². The number of aromatic nitrogens is 1. The van der Waals surface area contributed by atoms with Gasteiger partial charge in [-0.15, -0.1) is 11.3 Å². The summed E-state index contributed by atoms with van der Waals surface area (Å²) in [4.78, 5) is 4.07. The Morgan fingerprint density at radius 1 is 1.56 bits per heavy atom. The van der Waals surface area contributed by atoms with Gasteiger partial charge in [0.2, 0.25) is 10.0 Å². The summed E-state index contributed by atoms with van der Waals surface area (Å²) in [5, 5.41) is 2.61. The second-order valence-corrected chi connectivity index (χ2v) is 6.32. The van der Waals surface area contributed by atoms with E-state index in [0.29, 0.717) is 13.0 Å². The third-order valence-electron chi connectivity index (χ3n) is 2.05. The minimum Gasteiger partial charge on any atom is -0.330 e. The van der Waals surface area contributed by atoms with Crippen molar-refractivity contribution >= 4 is 21.4 Å². The summed E-state index contributed by atoms with van der Waals surface area (Å²) in [6.07, 6.45) is 2.99. The number of nitrogens with two attached hydrogens (primary N) is 1. The average Bonchev–Trinajstić information content (AvgIpc) is 2.69. The molecule has 0 saturated carbocycles. The number of hydrogen-bond donors (Lipinski definition) is 2. The van der Waals surface area contributed by atoms with Crippen LogP contribution in [0.15, 0.2) is 11.6 Å². The normalized spacial score (nSPS) is 13.9. The molecule has 0 bridgehead atoms. The number of nitrogens with zero attached hydrogens (tertiary/aromatic N) is 1. The molecule has 0 aliphatic heterocycles. The minimum atomic E-state index is -3.22. The van der Waals surface area contributed by atoms with Gasteiger partial charge >= 0.3 is 0 Å². The monoisotopic (exact) mass is 263 g/mol. The standard InChI is InChI=1S/C9H17N3O2S2/c1-8(9-11-5-6-15-9)12-16(13,14)7-3-2-4-10/h5-6,8,12H,2-4,7,10H2,1H3. The van der Waals surface area contributed by atoms with Gasteiger partial charge in [-0.2, -0.15) is 0 Å². The van der Waals surface area contributed by atoms with Crippen molar-refractivity contribution in [2.24, 2.45) is 5.73 Å². The first-order valence-corrected chi connectivity index (χ1v) is 7.68. The van der Waals surface area contributed by atoms with Crippen LogP contribution in [0.5, 0.6) is 0 Å². The molecule has 0 fully saturated rings. The molecule has 0 amide bonds. The van der Waals surface area contributed by atoms with Crippen molar-refractivity contribution in [3.63, 3.8) is 0 Å². The molecule has 1 aromatic rings. The molecule has 1 heterocycles. The molecule has 0 aromatic carbocycles. The molecule has 0 aliphatic carbocycles. The predicted molar refractivity (Wildman–Crippen MR) is 65.7 cm³/mol. The van der Waals surface area contributed by atoms with Gasteiger partial charge in [0.05, 0.1) is 11.8 Å². The van der Waals surface area contributed by atoms with Crippen LogP contribution in [0, 0.1) is 0 Å². The average molecular weight is 263 g/mol. The Bertz CT molecular complexity index is 389. The number of nitrogens with one attached hydrogen (secondary N) is 1. The molecule has 1 atom stereocenters. The summed E-state index contributed by atoms with van der Waals surface area (Å²) in [5.74, 6) is 0.125. The zero-order valence-electron chi connectivity index (χ0n) is 9.22. The molecule has 16 heavy (non-hydrogen) atoms. The van der Waals surface area contributed by atoms with Crippen LogP contribution in [-0.2, 0) is 10.0 Å². The van der Waals surface area contributed by atoms with Gasteiger partial charge in [-0.1, -0.05) is 0 Å². The van der Waals surface area contributed by atoms with Crippen molar-refractivity contribution in [3.05, 3.63) is 16.6 Å². The number of sulfonamides is 1. The molecule has 0 spiro atoms. The highest BCUT2D eigenvalue weighted by Gasteiger charge is 2.16. The molecule has 5 nitrogen and oxygen atoms in total. The van der Waals surface area contributed by atoms with Crippen LogP contribution in [0.4, 0.5) is 0 Å².